The Morgan fingerprint density at radius 2 is 1.61 bits per heavy atom. The molecule has 0 atom stereocenters. The fourth-order valence-electron chi connectivity index (χ4n) is 1.13. The number of aromatic nitrogens is 4. The van der Waals surface area contributed by atoms with Crippen LogP contribution in [-0.2, 0) is 31.5 Å². The second-order valence-corrected chi connectivity index (χ2v) is 8.30. The molecule has 0 saturated heterocycles. The first-order valence-electron chi connectivity index (χ1n) is 6.09. The lowest BCUT2D eigenvalue weighted by Crippen LogP contribution is -1.93. The van der Waals surface area contributed by atoms with Crippen LogP contribution < -0.4 is 0 Å². The number of aryl methyl sites for hydroxylation is 2. The summed E-state index contributed by atoms with van der Waals surface area (Å²) < 4.78 is 49.9. The minimum Gasteiger partial charge on any atom is -0.273 e. The molecule has 2 aromatic rings. The molecule has 0 radical (unpaired) electrons. The van der Waals surface area contributed by atoms with Crippen LogP contribution in [0.4, 0.5) is 0 Å². The van der Waals surface area contributed by atoms with Crippen LogP contribution in [0.1, 0.15) is 13.8 Å². The zero-order valence-corrected chi connectivity index (χ0v) is 15.4. The molecule has 0 aromatic carbocycles. The van der Waals surface area contributed by atoms with Crippen molar-refractivity contribution in [3.8, 4) is 0 Å². The quantitative estimate of drug-likeness (QED) is 0.607. The molecule has 23 heavy (non-hydrogen) atoms. The predicted molar refractivity (Wildman–Crippen MR) is 86.2 cm³/mol. The maximum atomic E-state index is 10.7. The molecule has 2 rings (SSSR count). The number of halogens is 2. The van der Waals surface area contributed by atoms with E-state index < -0.39 is 18.4 Å². The van der Waals surface area contributed by atoms with E-state index in [1.54, 1.807) is 6.20 Å². The average Bonchev–Trinajstić information content (AvgIpc) is 3.08. The summed E-state index contributed by atoms with van der Waals surface area (Å²) in [5.41, 5.74) is 0. The highest BCUT2D eigenvalue weighted by molar-refractivity contribution is 8.13. The van der Waals surface area contributed by atoms with Crippen LogP contribution in [0.5, 0.6) is 0 Å². The number of hydrogen-bond donors (Lipinski definition) is 1. The normalized spacial score (nSPS) is 11.0. The van der Waals surface area contributed by atoms with Gasteiger partial charge >= 0.3 is 9.33 Å². The molecule has 9 nitrogen and oxygen atoms in total. The van der Waals surface area contributed by atoms with Crippen molar-refractivity contribution in [1.82, 2.24) is 19.6 Å². The summed E-state index contributed by atoms with van der Waals surface area (Å²) in [5, 5.41) is 7.71. The van der Waals surface area contributed by atoms with E-state index in [1.807, 2.05) is 23.9 Å². The molecule has 0 fully saturated rings. The van der Waals surface area contributed by atoms with Gasteiger partial charge in [-0.25, -0.2) is 8.42 Å². The highest BCUT2D eigenvalue weighted by atomic mass is 35.7. The van der Waals surface area contributed by atoms with Gasteiger partial charge in [0.2, 0.25) is 0 Å². The Morgan fingerprint density at radius 3 is 1.83 bits per heavy atom. The molecule has 1 N–H and O–H groups in total. The Hall–Kier alpha value is -1.14. The maximum Gasteiger partial charge on any atom is 0.353 e. The van der Waals surface area contributed by atoms with Gasteiger partial charge in [0.25, 0.3) is 9.05 Å². The molecule has 0 aliphatic heterocycles. The van der Waals surface area contributed by atoms with Gasteiger partial charge in [0.1, 0.15) is 4.90 Å². The third-order valence-corrected chi connectivity index (χ3v) is 3.41. The van der Waals surface area contributed by atoms with E-state index in [0.29, 0.717) is 6.54 Å². The molecule has 2 aromatic heterocycles. The molecule has 132 valence electrons. The SMILES string of the molecule is CCn1cc(S(=O)(=O)Cl)cn1.CCn1cccn1.O=S(=O)(O)Cl. The van der Waals surface area contributed by atoms with Crippen LogP contribution in [-0.4, -0.2) is 40.9 Å². The first-order chi connectivity index (χ1) is 10.5. The molecular formula is C10H16Cl2N4O5S2. The van der Waals surface area contributed by atoms with Gasteiger partial charge in [-0.3, -0.25) is 13.9 Å². The monoisotopic (exact) mass is 406 g/mol. The summed E-state index contributed by atoms with van der Waals surface area (Å²) in [6.07, 6.45) is 6.34. The number of hydrogen-bond acceptors (Lipinski definition) is 6. The fraction of sp³-hybridized carbons (Fsp3) is 0.400. The second kappa shape index (κ2) is 9.88. The Labute approximate surface area is 143 Å². The van der Waals surface area contributed by atoms with E-state index in [0.717, 1.165) is 6.54 Å². The summed E-state index contributed by atoms with van der Waals surface area (Å²) in [6.45, 7) is 5.52. The van der Waals surface area contributed by atoms with E-state index in [1.165, 1.54) is 17.1 Å². The van der Waals surface area contributed by atoms with Crippen LogP contribution in [0.3, 0.4) is 0 Å². The van der Waals surface area contributed by atoms with E-state index in [4.69, 9.17) is 23.7 Å². The van der Waals surface area contributed by atoms with Gasteiger partial charge in [0.15, 0.2) is 0 Å². The van der Waals surface area contributed by atoms with Gasteiger partial charge in [-0.1, -0.05) is 0 Å². The molecule has 0 bridgehead atoms. The first-order valence-corrected chi connectivity index (χ1v) is 10.7. The molecule has 0 aliphatic carbocycles. The Balaban J connectivity index is 0.000000347. The zero-order chi connectivity index (χ0) is 18.1. The summed E-state index contributed by atoms with van der Waals surface area (Å²) >= 11 is 0. The lowest BCUT2D eigenvalue weighted by molar-refractivity contribution is 0.501. The van der Waals surface area contributed by atoms with E-state index in [-0.39, 0.29) is 4.90 Å². The van der Waals surface area contributed by atoms with Crippen LogP contribution in [0.2, 0.25) is 0 Å². The lowest BCUT2D eigenvalue weighted by Gasteiger charge is -1.89. The van der Waals surface area contributed by atoms with Crippen LogP contribution in [0.15, 0.2) is 35.7 Å². The lowest BCUT2D eigenvalue weighted by atomic mass is 10.7. The second-order valence-electron chi connectivity index (χ2n) is 3.74. The van der Waals surface area contributed by atoms with Crippen LogP contribution in [0, 0.1) is 0 Å². The summed E-state index contributed by atoms with van der Waals surface area (Å²) in [4.78, 5) is 0.0426. The van der Waals surface area contributed by atoms with Crippen molar-refractivity contribution < 1.29 is 21.4 Å². The molecular weight excluding hydrogens is 391 g/mol. The third kappa shape index (κ3) is 12.0. The standard InChI is InChI=1S/C5H7ClN2O2S.C5H8N2.ClHO3S/c1-2-8-4-5(3-7-8)11(6,9)10;1-2-7-5-3-4-6-7;1-5(2,3)4/h3-4H,2H2,1H3;3-5H,2H2,1H3;(H,2,3,4). The van der Waals surface area contributed by atoms with Gasteiger partial charge in [0.05, 0.1) is 6.20 Å². The first kappa shape index (κ1) is 21.9. The van der Waals surface area contributed by atoms with Gasteiger partial charge in [-0.15, -0.1) is 0 Å². The van der Waals surface area contributed by atoms with E-state index in [9.17, 15) is 8.42 Å². The van der Waals surface area contributed by atoms with E-state index in [2.05, 4.69) is 27.8 Å². The third-order valence-electron chi connectivity index (χ3n) is 2.10. The molecule has 0 spiro atoms. The highest BCUT2D eigenvalue weighted by Gasteiger charge is 2.11. The van der Waals surface area contributed by atoms with Crippen molar-refractivity contribution in [2.75, 3.05) is 0 Å². The van der Waals surface area contributed by atoms with Crippen LogP contribution >= 0.6 is 21.4 Å². The van der Waals surface area contributed by atoms with E-state index >= 15 is 0 Å². The Kier molecular flexibility index (Phi) is 9.39. The van der Waals surface area contributed by atoms with Gasteiger partial charge in [-0.2, -0.15) is 18.6 Å². The number of nitrogens with zero attached hydrogens (tertiary/aromatic N) is 4. The van der Waals surface area contributed by atoms with Crippen molar-refractivity contribution in [2.45, 2.75) is 31.8 Å². The molecule has 2 heterocycles. The predicted octanol–water partition coefficient (Wildman–Crippen LogP) is 1.76. The zero-order valence-electron chi connectivity index (χ0n) is 12.2. The Bertz CT molecular complexity index is 764. The van der Waals surface area contributed by atoms with Gasteiger partial charge in [0, 0.05) is 53.0 Å². The summed E-state index contributed by atoms with van der Waals surface area (Å²) in [7, 11) is 1.31. The molecule has 0 saturated carbocycles. The van der Waals surface area contributed by atoms with Gasteiger partial charge in [-0.05, 0) is 19.9 Å². The molecule has 0 unspecified atom stereocenters. The van der Waals surface area contributed by atoms with Crippen molar-refractivity contribution in [3.63, 3.8) is 0 Å². The fourth-order valence-corrected chi connectivity index (χ4v) is 1.79. The maximum absolute atomic E-state index is 10.7. The van der Waals surface area contributed by atoms with Gasteiger partial charge < -0.3 is 0 Å². The minimum absolute atomic E-state index is 0.0426. The largest absolute Gasteiger partial charge is 0.353 e. The average molecular weight is 407 g/mol. The summed E-state index contributed by atoms with van der Waals surface area (Å²) in [6, 6.07) is 1.92. The highest BCUT2D eigenvalue weighted by Crippen LogP contribution is 2.12. The van der Waals surface area contributed by atoms with Crippen molar-refractivity contribution >= 4 is 39.7 Å². The van der Waals surface area contributed by atoms with Crippen molar-refractivity contribution in [1.29, 1.82) is 0 Å². The topological polar surface area (TPSA) is 124 Å². The Morgan fingerprint density at radius 1 is 1.09 bits per heavy atom. The molecule has 13 heteroatoms. The molecule has 0 aliphatic rings. The van der Waals surface area contributed by atoms with Crippen LogP contribution in [0.25, 0.3) is 0 Å². The minimum atomic E-state index is -4.19. The molecule has 0 amide bonds. The smallest absolute Gasteiger partial charge is 0.273 e. The van der Waals surface area contributed by atoms with Crippen molar-refractivity contribution in [2.24, 2.45) is 0 Å². The summed E-state index contributed by atoms with van der Waals surface area (Å²) in [5.74, 6) is 0. The number of rotatable bonds is 3. The van der Waals surface area contributed by atoms with Crippen molar-refractivity contribution in [3.05, 3.63) is 30.9 Å².